The Hall–Kier alpha value is -2.63. The van der Waals surface area contributed by atoms with Crippen LogP contribution in [0.5, 0.6) is 0 Å². The summed E-state index contributed by atoms with van der Waals surface area (Å²) in [7, 11) is 0. The van der Waals surface area contributed by atoms with Gasteiger partial charge in [0.2, 0.25) is 0 Å². The first-order valence-corrected chi connectivity index (χ1v) is 6.11. The molecular formula is C15H9F3N2O. The Bertz CT molecular complexity index is 807. The molecule has 0 atom stereocenters. The number of benzene rings is 1. The first-order chi connectivity index (χ1) is 10.0. The average molecular weight is 290 g/mol. The van der Waals surface area contributed by atoms with Crippen molar-refractivity contribution in [3.63, 3.8) is 0 Å². The number of halogens is 3. The lowest BCUT2D eigenvalue weighted by molar-refractivity contribution is -0.136. The number of aromatic nitrogens is 2. The molecule has 0 fully saturated rings. The van der Waals surface area contributed by atoms with Crippen LogP contribution in [0.1, 0.15) is 15.9 Å². The van der Waals surface area contributed by atoms with Crippen molar-refractivity contribution in [1.82, 2.24) is 9.97 Å². The minimum Gasteiger partial charge on any atom is -0.352 e. The molecule has 0 bridgehead atoms. The van der Waals surface area contributed by atoms with Crippen molar-refractivity contribution in [2.24, 2.45) is 0 Å². The molecule has 1 aromatic carbocycles. The predicted octanol–water partition coefficient (Wildman–Crippen LogP) is 4.06. The van der Waals surface area contributed by atoms with Gasteiger partial charge >= 0.3 is 6.18 Å². The van der Waals surface area contributed by atoms with Crippen LogP contribution >= 0.6 is 0 Å². The van der Waals surface area contributed by atoms with Gasteiger partial charge in [-0.25, -0.2) is 0 Å². The Morgan fingerprint density at radius 2 is 1.90 bits per heavy atom. The Morgan fingerprint density at radius 3 is 2.52 bits per heavy atom. The molecular weight excluding hydrogens is 281 g/mol. The van der Waals surface area contributed by atoms with E-state index in [0.29, 0.717) is 12.0 Å². The molecule has 0 saturated heterocycles. The quantitative estimate of drug-likeness (QED) is 0.723. The number of aldehydes is 1. The van der Waals surface area contributed by atoms with Gasteiger partial charge in [0, 0.05) is 17.1 Å². The molecule has 3 nitrogen and oxygen atoms in total. The van der Waals surface area contributed by atoms with E-state index in [2.05, 4.69) is 9.97 Å². The van der Waals surface area contributed by atoms with Crippen LogP contribution in [0.3, 0.4) is 0 Å². The van der Waals surface area contributed by atoms with Crippen LogP contribution in [0.4, 0.5) is 13.2 Å². The first-order valence-electron chi connectivity index (χ1n) is 6.11. The molecule has 0 aliphatic heterocycles. The molecule has 6 heteroatoms. The van der Waals surface area contributed by atoms with Crippen LogP contribution in [-0.2, 0) is 6.18 Å². The number of aromatic amines is 1. The van der Waals surface area contributed by atoms with E-state index in [0.717, 1.165) is 6.07 Å². The van der Waals surface area contributed by atoms with E-state index in [4.69, 9.17) is 0 Å². The molecule has 0 saturated carbocycles. The number of carbonyl (C=O) groups is 1. The van der Waals surface area contributed by atoms with E-state index in [-0.39, 0.29) is 22.2 Å². The van der Waals surface area contributed by atoms with E-state index >= 15 is 0 Å². The summed E-state index contributed by atoms with van der Waals surface area (Å²) in [6.45, 7) is 0. The highest BCUT2D eigenvalue weighted by atomic mass is 19.4. The number of alkyl halides is 3. The zero-order valence-corrected chi connectivity index (χ0v) is 10.6. The zero-order chi connectivity index (χ0) is 15.0. The lowest BCUT2D eigenvalue weighted by Gasteiger charge is -2.07. The number of rotatable bonds is 2. The van der Waals surface area contributed by atoms with Gasteiger partial charge in [0.15, 0.2) is 6.29 Å². The third-order valence-corrected chi connectivity index (χ3v) is 3.22. The van der Waals surface area contributed by atoms with Crippen molar-refractivity contribution in [3.8, 4) is 11.4 Å². The lowest BCUT2D eigenvalue weighted by atomic mass is 10.1. The highest BCUT2D eigenvalue weighted by Gasteiger charge is 2.34. The smallest absolute Gasteiger partial charge is 0.352 e. The summed E-state index contributed by atoms with van der Waals surface area (Å²) >= 11 is 0. The normalized spacial score (nSPS) is 11.8. The van der Waals surface area contributed by atoms with Crippen LogP contribution < -0.4 is 0 Å². The highest BCUT2D eigenvalue weighted by Crippen LogP contribution is 2.37. The van der Waals surface area contributed by atoms with Crippen molar-refractivity contribution in [1.29, 1.82) is 0 Å². The number of fused-ring (bicyclic) bond motifs is 1. The van der Waals surface area contributed by atoms with Gasteiger partial charge in [0.05, 0.1) is 22.5 Å². The molecule has 3 aromatic rings. The summed E-state index contributed by atoms with van der Waals surface area (Å²) in [4.78, 5) is 18.1. The molecule has 0 unspecified atom stereocenters. The number of H-pyrrole nitrogens is 1. The van der Waals surface area contributed by atoms with Gasteiger partial charge in [-0.1, -0.05) is 18.2 Å². The number of pyridine rings is 1. The van der Waals surface area contributed by atoms with Gasteiger partial charge < -0.3 is 4.98 Å². The monoisotopic (exact) mass is 290 g/mol. The Kier molecular flexibility index (Phi) is 3.01. The summed E-state index contributed by atoms with van der Waals surface area (Å²) in [5.74, 6) is 0. The van der Waals surface area contributed by atoms with Crippen LogP contribution in [0.15, 0.2) is 42.6 Å². The Labute approximate surface area is 117 Å². The molecule has 2 aromatic heterocycles. The fourth-order valence-corrected chi connectivity index (χ4v) is 2.31. The summed E-state index contributed by atoms with van der Waals surface area (Å²) in [6.07, 6.45) is -2.44. The molecule has 0 aliphatic carbocycles. The fourth-order valence-electron chi connectivity index (χ4n) is 2.31. The molecule has 1 N–H and O–H groups in total. The maximum absolute atomic E-state index is 13.0. The van der Waals surface area contributed by atoms with Crippen molar-refractivity contribution in [2.45, 2.75) is 6.18 Å². The summed E-state index contributed by atoms with van der Waals surface area (Å²) in [6, 6.07) is 8.77. The van der Waals surface area contributed by atoms with Crippen LogP contribution in [0, 0.1) is 0 Å². The molecule has 21 heavy (non-hydrogen) atoms. The Balaban J connectivity index is 2.36. The van der Waals surface area contributed by atoms with Gasteiger partial charge in [0.1, 0.15) is 0 Å². The second kappa shape index (κ2) is 4.73. The third-order valence-electron chi connectivity index (χ3n) is 3.22. The van der Waals surface area contributed by atoms with Gasteiger partial charge in [-0.3, -0.25) is 9.78 Å². The van der Waals surface area contributed by atoms with E-state index < -0.39 is 11.7 Å². The van der Waals surface area contributed by atoms with Gasteiger partial charge in [0.25, 0.3) is 0 Å². The highest BCUT2D eigenvalue weighted by molar-refractivity contribution is 6.05. The van der Waals surface area contributed by atoms with E-state index in [1.54, 1.807) is 18.2 Å². The Morgan fingerprint density at radius 1 is 1.10 bits per heavy atom. The second-order valence-corrected chi connectivity index (χ2v) is 4.47. The van der Waals surface area contributed by atoms with E-state index in [9.17, 15) is 18.0 Å². The second-order valence-electron chi connectivity index (χ2n) is 4.47. The molecule has 0 aliphatic rings. The van der Waals surface area contributed by atoms with Crippen molar-refractivity contribution < 1.29 is 18.0 Å². The predicted molar refractivity (Wildman–Crippen MR) is 71.9 cm³/mol. The topological polar surface area (TPSA) is 45.8 Å². The number of nitrogens with zero attached hydrogens (tertiary/aromatic N) is 1. The standard InChI is InChI=1S/C15H9F3N2O/c16-15(17,18)11-5-3-4-9-10(8-21)14(20-13(9)11)12-6-1-2-7-19-12/h1-8,20H. The SMILES string of the molecule is O=Cc1c(-c2ccccn2)[nH]c2c(C(F)(F)F)cccc12. The maximum Gasteiger partial charge on any atom is 0.418 e. The van der Waals surface area contributed by atoms with E-state index in [1.165, 1.54) is 18.3 Å². The first kappa shape index (κ1) is 13.4. The number of para-hydroxylation sites is 1. The molecule has 0 spiro atoms. The summed E-state index contributed by atoms with van der Waals surface area (Å²) in [5, 5.41) is 0.237. The number of hydrogen-bond donors (Lipinski definition) is 1. The zero-order valence-electron chi connectivity index (χ0n) is 10.6. The van der Waals surface area contributed by atoms with Crippen LogP contribution in [0.2, 0.25) is 0 Å². The van der Waals surface area contributed by atoms with Crippen molar-refractivity contribution >= 4 is 17.2 Å². The largest absolute Gasteiger partial charge is 0.418 e. The van der Waals surface area contributed by atoms with Gasteiger partial charge in [-0.05, 0) is 18.2 Å². The average Bonchev–Trinajstić information content (AvgIpc) is 2.85. The molecule has 3 rings (SSSR count). The summed E-state index contributed by atoms with van der Waals surface area (Å²) < 4.78 is 39.1. The fraction of sp³-hybridized carbons (Fsp3) is 0.0667. The van der Waals surface area contributed by atoms with Crippen molar-refractivity contribution in [2.75, 3.05) is 0 Å². The number of carbonyl (C=O) groups excluding carboxylic acids is 1. The third kappa shape index (κ3) is 2.18. The van der Waals surface area contributed by atoms with Gasteiger partial charge in [-0.2, -0.15) is 13.2 Å². The van der Waals surface area contributed by atoms with Crippen LogP contribution in [0.25, 0.3) is 22.3 Å². The molecule has 2 heterocycles. The molecule has 0 radical (unpaired) electrons. The minimum atomic E-state index is -4.49. The molecule has 0 amide bonds. The summed E-state index contributed by atoms with van der Waals surface area (Å²) in [5.41, 5.74) is -0.0194. The number of hydrogen-bond acceptors (Lipinski definition) is 2. The van der Waals surface area contributed by atoms with Crippen molar-refractivity contribution in [3.05, 3.63) is 53.7 Å². The lowest BCUT2D eigenvalue weighted by Crippen LogP contribution is -2.05. The molecule has 106 valence electrons. The maximum atomic E-state index is 13.0. The number of nitrogens with one attached hydrogen (secondary N) is 1. The minimum absolute atomic E-state index is 0.104. The van der Waals surface area contributed by atoms with Gasteiger partial charge in [-0.15, -0.1) is 0 Å². The van der Waals surface area contributed by atoms with Crippen LogP contribution in [-0.4, -0.2) is 16.3 Å². The van der Waals surface area contributed by atoms with E-state index in [1.807, 2.05) is 0 Å².